The van der Waals surface area contributed by atoms with Gasteiger partial charge >= 0.3 is 0 Å². The number of nitrogens with two attached hydrogens (primary N) is 1. The Morgan fingerprint density at radius 3 is 2.76 bits per heavy atom. The lowest BCUT2D eigenvalue weighted by Crippen LogP contribution is -2.18. The summed E-state index contributed by atoms with van der Waals surface area (Å²) in [7, 11) is 3.65. The van der Waals surface area contributed by atoms with Crippen molar-refractivity contribution in [2.24, 2.45) is 5.73 Å². The standard InChI is InChI=1S/C15H20N4OS/c1-10-18-12(9-21-10)8-19(2)7-11-4-5-13(15(16)17)14(6-11)20-3/h4-6,9H,7-8H2,1-3H3,(H3,16,17). The van der Waals surface area contributed by atoms with Crippen molar-refractivity contribution in [1.29, 1.82) is 5.41 Å². The smallest absolute Gasteiger partial charge is 0.130 e. The minimum absolute atomic E-state index is 0.0182. The number of nitrogens with one attached hydrogen (secondary N) is 1. The molecule has 0 aliphatic carbocycles. The summed E-state index contributed by atoms with van der Waals surface area (Å²) in [6.45, 7) is 3.60. The number of rotatable bonds is 6. The van der Waals surface area contributed by atoms with Crippen LogP contribution >= 0.6 is 11.3 Å². The van der Waals surface area contributed by atoms with Crippen LogP contribution in [0.2, 0.25) is 0 Å². The van der Waals surface area contributed by atoms with E-state index in [1.807, 2.05) is 25.1 Å². The first-order chi connectivity index (χ1) is 9.99. The van der Waals surface area contributed by atoms with Gasteiger partial charge in [-0.25, -0.2) is 4.98 Å². The Hall–Kier alpha value is -1.92. The second-order valence-electron chi connectivity index (χ2n) is 4.98. The minimum atomic E-state index is 0.0182. The molecule has 21 heavy (non-hydrogen) atoms. The molecule has 0 radical (unpaired) electrons. The average molecular weight is 304 g/mol. The van der Waals surface area contributed by atoms with Crippen LogP contribution in [0.25, 0.3) is 0 Å². The number of thiazole rings is 1. The largest absolute Gasteiger partial charge is 0.496 e. The third kappa shape index (κ3) is 4.03. The van der Waals surface area contributed by atoms with E-state index < -0.39 is 0 Å². The van der Waals surface area contributed by atoms with Gasteiger partial charge in [-0.2, -0.15) is 0 Å². The van der Waals surface area contributed by atoms with Crippen LogP contribution in [0, 0.1) is 12.3 Å². The van der Waals surface area contributed by atoms with Gasteiger partial charge in [0.2, 0.25) is 0 Å². The van der Waals surface area contributed by atoms with Crippen LogP contribution in [0.4, 0.5) is 0 Å². The van der Waals surface area contributed by atoms with Crippen LogP contribution in [-0.4, -0.2) is 29.9 Å². The summed E-state index contributed by atoms with van der Waals surface area (Å²) in [5.41, 5.74) is 8.36. The molecule has 0 saturated heterocycles. The van der Waals surface area contributed by atoms with Crippen molar-refractivity contribution in [3.63, 3.8) is 0 Å². The van der Waals surface area contributed by atoms with Crippen LogP contribution in [0.1, 0.15) is 21.8 Å². The fraction of sp³-hybridized carbons (Fsp3) is 0.333. The Kier molecular flexibility index (Phi) is 4.93. The zero-order valence-corrected chi connectivity index (χ0v) is 13.3. The summed E-state index contributed by atoms with van der Waals surface area (Å²) in [5, 5.41) is 10.7. The lowest BCUT2D eigenvalue weighted by atomic mass is 10.1. The molecule has 0 aliphatic heterocycles. The predicted octanol–water partition coefficient (Wildman–Crippen LogP) is 2.38. The van der Waals surface area contributed by atoms with E-state index in [9.17, 15) is 0 Å². The molecule has 2 rings (SSSR count). The van der Waals surface area contributed by atoms with E-state index in [4.69, 9.17) is 15.9 Å². The third-order valence-electron chi connectivity index (χ3n) is 3.11. The minimum Gasteiger partial charge on any atom is -0.496 e. The number of nitrogen functional groups attached to an aromatic ring is 1. The second-order valence-corrected chi connectivity index (χ2v) is 6.04. The van der Waals surface area contributed by atoms with Crippen LogP contribution in [0.3, 0.4) is 0 Å². The second kappa shape index (κ2) is 6.69. The molecule has 112 valence electrons. The molecule has 0 bridgehead atoms. The maximum absolute atomic E-state index is 7.52. The molecule has 5 nitrogen and oxygen atoms in total. The summed E-state index contributed by atoms with van der Waals surface area (Å²) in [6, 6.07) is 5.74. The number of benzene rings is 1. The van der Waals surface area contributed by atoms with Gasteiger partial charge in [0.25, 0.3) is 0 Å². The Bertz CT molecular complexity index is 638. The van der Waals surface area contributed by atoms with Gasteiger partial charge in [0.1, 0.15) is 11.6 Å². The molecule has 1 aromatic heterocycles. The molecule has 2 aromatic rings. The topological polar surface area (TPSA) is 75.2 Å². The number of methoxy groups -OCH3 is 1. The van der Waals surface area contributed by atoms with E-state index >= 15 is 0 Å². The molecule has 3 N–H and O–H groups in total. The summed E-state index contributed by atoms with van der Waals surface area (Å²) in [5.74, 6) is 0.655. The highest BCUT2D eigenvalue weighted by atomic mass is 32.1. The SMILES string of the molecule is COc1cc(CN(C)Cc2csc(C)n2)ccc1C(=N)N. The van der Waals surface area contributed by atoms with Gasteiger partial charge in [0.05, 0.1) is 23.4 Å². The van der Waals surface area contributed by atoms with E-state index in [-0.39, 0.29) is 5.84 Å². The van der Waals surface area contributed by atoms with Gasteiger partial charge in [-0.3, -0.25) is 10.3 Å². The average Bonchev–Trinajstić information content (AvgIpc) is 2.83. The number of aryl methyl sites for hydroxylation is 1. The number of amidine groups is 1. The zero-order valence-electron chi connectivity index (χ0n) is 12.5. The molecule has 0 spiro atoms. The molecule has 0 saturated carbocycles. The van der Waals surface area contributed by atoms with E-state index in [0.29, 0.717) is 11.3 Å². The summed E-state index contributed by atoms with van der Waals surface area (Å²) in [4.78, 5) is 6.66. The van der Waals surface area contributed by atoms with Crippen LogP contribution in [-0.2, 0) is 13.1 Å². The van der Waals surface area contributed by atoms with Crippen molar-refractivity contribution in [2.75, 3.05) is 14.2 Å². The van der Waals surface area contributed by atoms with E-state index in [0.717, 1.165) is 29.4 Å². The first-order valence-corrected chi connectivity index (χ1v) is 7.48. The lowest BCUT2D eigenvalue weighted by molar-refractivity contribution is 0.315. The number of hydrogen-bond donors (Lipinski definition) is 2. The molecule has 1 aromatic carbocycles. The highest BCUT2D eigenvalue weighted by Crippen LogP contribution is 2.21. The molecule has 0 amide bonds. The summed E-state index contributed by atoms with van der Waals surface area (Å²) in [6.07, 6.45) is 0. The summed E-state index contributed by atoms with van der Waals surface area (Å²) >= 11 is 1.67. The zero-order chi connectivity index (χ0) is 15.4. The predicted molar refractivity (Wildman–Crippen MR) is 86.0 cm³/mol. The maximum Gasteiger partial charge on any atom is 0.130 e. The Morgan fingerprint density at radius 1 is 1.43 bits per heavy atom. The van der Waals surface area contributed by atoms with E-state index in [1.165, 1.54) is 0 Å². The van der Waals surface area contributed by atoms with Gasteiger partial charge < -0.3 is 10.5 Å². The Morgan fingerprint density at radius 2 is 2.19 bits per heavy atom. The molecule has 0 unspecified atom stereocenters. The van der Waals surface area contributed by atoms with Gasteiger partial charge in [-0.05, 0) is 31.7 Å². The van der Waals surface area contributed by atoms with Gasteiger partial charge in [0, 0.05) is 18.5 Å². The molecular weight excluding hydrogens is 284 g/mol. The van der Waals surface area contributed by atoms with Gasteiger partial charge in [-0.15, -0.1) is 11.3 Å². The Balaban J connectivity index is 2.06. The number of hydrogen-bond acceptors (Lipinski definition) is 5. The van der Waals surface area contributed by atoms with Crippen LogP contribution in [0.15, 0.2) is 23.6 Å². The quantitative estimate of drug-likeness (QED) is 0.634. The molecule has 0 atom stereocenters. The van der Waals surface area contributed by atoms with Crippen LogP contribution < -0.4 is 10.5 Å². The molecule has 6 heteroatoms. The summed E-state index contributed by atoms with van der Waals surface area (Å²) < 4.78 is 5.30. The molecule has 0 fully saturated rings. The van der Waals surface area contributed by atoms with Crippen molar-refractivity contribution in [2.45, 2.75) is 20.0 Å². The molecule has 1 heterocycles. The van der Waals surface area contributed by atoms with Crippen molar-refractivity contribution in [3.8, 4) is 5.75 Å². The van der Waals surface area contributed by atoms with Gasteiger partial charge in [0.15, 0.2) is 0 Å². The molecule has 0 aliphatic rings. The van der Waals surface area contributed by atoms with E-state index in [2.05, 4.69) is 22.3 Å². The molecular formula is C15H20N4OS. The monoisotopic (exact) mass is 304 g/mol. The van der Waals surface area contributed by atoms with Gasteiger partial charge in [-0.1, -0.05) is 6.07 Å². The van der Waals surface area contributed by atoms with Crippen LogP contribution in [0.5, 0.6) is 5.75 Å². The number of ether oxygens (including phenoxy) is 1. The van der Waals surface area contributed by atoms with Crippen molar-refractivity contribution in [1.82, 2.24) is 9.88 Å². The van der Waals surface area contributed by atoms with Crippen molar-refractivity contribution in [3.05, 3.63) is 45.4 Å². The first kappa shape index (κ1) is 15.5. The third-order valence-corrected chi connectivity index (χ3v) is 3.93. The van der Waals surface area contributed by atoms with E-state index in [1.54, 1.807) is 18.4 Å². The van der Waals surface area contributed by atoms with Crippen molar-refractivity contribution >= 4 is 17.2 Å². The fourth-order valence-corrected chi connectivity index (χ4v) is 2.79. The first-order valence-electron chi connectivity index (χ1n) is 6.60. The lowest BCUT2D eigenvalue weighted by Gasteiger charge is -2.16. The normalized spacial score (nSPS) is 10.9. The highest BCUT2D eigenvalue weighted by molar-refractivity contribution is 7.09. The Labute approximate surface area is 128 Å². The highest BCUT2D eigenvalue weighted by Gasteiger charge is 2.09. The van der Waals surface area contributed by atoms with Crippen molar-refractivity contribution < 1.29 is 4.74 Å². The fourth-order valence-electron chi connectivity index (χ4n) is 2.18. The maximum atomic E-state index is 7.52. The number of nitrogens with zero attached hydrogens (tertiary/aromatic N) is 2. The number of aromatic nitrogens is 1.